The van der Waals surface area contributed by atoms with E-state index in [9.17, 15) is 0 Å². The normalized spacial score (nSPS) is 19.3. The highest BCUT2D eigenvalue weighted by Crippen LogP contribution is 2.29. The minimum atomic E-state index is 0. The highest BCUT2D eigenvalue weighted by atomic mass is 127. The lowest BCUT2D eigenvalue weighted by Crippen LogP contribution is -2.51. The van der Waals surface area contributed by atoms with Crippen molar-refractivity contribution in [3.8, 4) is 0 Å². The molecule has 0 aromatic carbocycles. The van der Waals surface area contributed by atoms with Gasteiger partial charge < -0.3 is 10.2 Å². The van der Waals surface area contributed by atoms with Crippen LogP contribution < -0.4 is 5.32 Å². The number of nitrogens with zero attached hydrogens (tertiary/aromatic N) is 2. The second-order valence-corrected chi connectivity index (χ2v) is 7.64. The van der Waals surface area contributed by atoms with Crippen LogP contribution in [0.1, 0.15) is 20.3 Å². The van der Waals surface area contributed by atoms with Gasteiger partial charge in [-0.25, -0.2) is 0 Å². The predicted octanol–water partition coefficient (Wildman–Crippen LogP) is 2.76. The lowest BCUT2D eigenvalue weighted by atomic mass is 10.2. The molecule has 1 aliphatic rings. The van der Waals surface area contributed by atoms with E-state index in [1.807, 2.05) is 18.8 Å². The Morgan fingerprint density at radius 2 is 2.22 bits per heavy atom. The fourth-order valence-corrected chi connectivity index (χ4v) is 3.49. The van der Waals surface area contributed by atoms with E-state index < -0.39 is 0 Å². The van der Waals surface area contributed by atoms with Gasteiger partial charge in [0.25, 0.3) is 0 Å². The molecular weight excluding hydrogens is 377 g/mol. The van der Waals surface area contributed by atoms with Crippen molar-refractivity contribution in [2.75, 3.05) is 44.4 Å². The summed E-state index contributed by atoms with van der Waals surface area (Å²) in [6.07, 6.45) is 3.35. The summed E-state index contributed by atoms with van der Waals surface area (Å²) in [5.74, 6) is 3.48. The Balaban J connectivity index is 0.00000289. The number of thioether (sulfide) groups is 2. The molecule has 1 N–H and O–H groups in total. The maximum Gasteiger partial charge on any atom is 0.193 e. The Morgan fingerprint density at radius 1 is 1.50 bits per heavy atom. The van der Waals surface area contributed by atoms with Crippen LogP contribution in [0.25, 0.3) is 0 Å². The van der Waals surface area contributed by atoms with Crippen LogP contribution in [0.5, 0.6) is 0 Å². The maximum atomic E-state index is 4.39. The molecule has 6 heteroatoms. The third-order valence-corrected chi connectivity index (χ3v) is 4.74. The molecule has 1 saturated heterocycles. The molecule has 1 fully saturated rings. The van der Waals surface area contributed by atoms with Gasteiger partial charge in [0, 0.05) is 37.2 Å². The zero-order valence-electron chi connectivity index (χ0n) is 11.9. The molecule has 1 heterocycles. The third-order valence-electron chi connectivity index (χ3n) is 2.75. The molecule has 108 valence electrons. The van der Waals surface area contributed by atoms with Crippen LogP contribution >= 0.6 is 47.5 Å². The Kier molecular flexibility index (Phi) is 9.95. The van der Waals surface area contributed by atoms with E-state index >= 15 is 0 Å². The van der Waals surface area contributed by atoms with Gasteiger partial charge in [0.2, 0.25) is 0 Å². The summed E-state index contributed by atoms with van der Waals surface area (Å²) in [7, 11) is 1.88. The molecule has 0 saturated carbocycles. The molecule has 0 aromatic heterocycles. The first-order valence-corrected chi connectivity index (χ1v) is 8.55. The molecule has 1 rings (SSSR count). The average molecular weight is 403 g/mol. The van der Waals surface area contributed by atoms with Crippen LogP contribution in [-0.4, -0.2) is 60.0 Å². The smallest absolute Gasteiger partial charge is 0.193 e. The monoisotopic (exact) mass is 403 g/mol. The Morgan fingerprint density at radius 3 is 2.78 bits per heavy atom. The number of guanidine groups is 1. The van der Waals surface area contributed by atoms with E-state index in [4.69, 9.17) is 0 Å². The molecule has 0 aliphatic carbocycles. The minimum Gasteiger partial charge on any atom is -0.356 e. The van der Waals surface area contributed by atoms with Crippen LogP contribution in [0.15, 0.2) is 4.99 Å². The van der Waals surface area contributed by atoms with Crippen LogP contribution in [0.4, 0.5) is 0 Å². The van der Waals surface area contributed by atoms with Gasteiger partial charge in [-0.3, -0.25) is 4.99 Å². The first kappa shape index (κ1) is 18.7. The van der Waals surface area contributed by atoms with Crippen molar-refractivity contribution in [3.63, 3.8) is 0 Å². The van der Waals surface area contributed by atoms with E-state index in [0.29, 0.717) is 4.75 Å². The molecule has 3 nitrogen and oxygen atoms in total. The third kappa shape index (κ3) is 6.75. The number of nitrogens with one attached hydrogen (secondary N) is 1. The van der Waals surface area contributed by atoms with Crippen molar-refractivity contribution in [2.24, 2.45) is 4.99 Å². The molecular formula is C12H26IN3S2. The van der Waals surface area contributed by atoms with Gasteiger partial charge in [0.1, 0.15) is 0 Å². The minimum absolute atomic E-state index is 0. The second-order valence-electron chi connectivity index (χ2n) is 4.85. The SMILES string of the molecule is CN=C(NCCCSC)N1CCSC(C)(C)C1.I. The fraction of sp³-hybridized carbons (Fsp3) is 0.917. The molecule has 0 atom stereocenters. The van der Waals surface area contributed by atoms with Gasteiger partial charge in [-0.2, -0.15) is 23.5 Å². The van der Waals surface area contributed by atoms with E-state index in [0.717, 1.165) is 25.6 Å². The Bertz CT molecular complexity index is 260. The summed E-state index contributed by atoms with van der Waals surface area (Å²) in [5.41, 5.74) is 0. The molecule has 1 aliphatic heterocycles. The molecule has 0 radical (unpaired) electrons. The van der Waals surface area contributed by atoms with Crippen molar-refractivity contribution >= 4 is 53.5 Å². The lowest BCUT2D eigenvalue weighted by molar-refractivity contribution is 0.376. The number of aliphatic imine (C=N–C) groups is 1. The van der Waals surface area contributed by atoms with Gasteiger partial charge in [-0.05, 0) is 32.3 Å². The molecule has 0 unspecified atom stereocenters. The van der Waals surface area contributed by atoms with Crippen LogP contribution in [0, 0.1) is 0 Å². The fourth-order valence-electron chi connectivity index (χ4n) is 1.95. The van der Waals surface area contributed by atoms with Crippen molar-refractivity contribution in [1.29, 1.82) is 0 Å². The number of hydrogen-bond acceptors (Lipinski definition) is 3. The summed E-state index contributed by atoms with van der Waals surface area (Å²) in [6.45, 7) is 7.84. The topological polar surface area (TPSA) is 27.6 Å². The quantitative estimate of drug-likeness (QED) is 0.338. The van der Waals surface area contributed by atoms with Crippen LogP contribution in [0.2, 0.25) is 0 Å². The number of rotatable bonds is 4. The molecule has 18 heavy (non-hydrogen) atoms. The maximum absolute atomic E-state index is 4.39. The highest BCUT2D eigenvalue weighted by Gasteiger charge is 2.28. The van der Waals surface area contributed by atoms with Gasteiger partial charge in [0.05, 0.1) is 0 Å². The number of hydrogen-bond donors (Lipinski definition) is 1. The second kappa shape index (κ2) is 9.58. The molecule has 0 amide bonds. The van der Waals surface area contributed by atoms with Crippen molar-refractivity contribution in [3.05, 3.63) is 0 Å². The average Bonchev–Trinajstić information content (AvgIpc) is 2.28. The Hall–Kier alpha value is 0.700. The van der Waals surface area contributed by atoms with E-state index in [-0.39, 0.29) is 24.0 Å². The standard InChI is InChI=1S/C12H25N3S2.HI/c1-12(2)10-15(7-9-17-12)11(13-3)14-6-5-8-16-4;/h5-10H2,1-4H3,(H,13,14);1H. The zero-order chi connectivity index (χ0) is 12.7. The molecule has 0 spiro atoms. The molecule has 0 bridgehead atoms. The lowest BCUT2D eigenvalue weighted by Gasteiger charge is -2.39. The van der Waals surface area contributed by atoms with Crippen LogP contribution in [-0.2, 0) is 0 Å². The summed E-state index contributed by atoms with van der Waals surface area (Å²) >= 11 is 3.96. The largest absolute Gasteiger partial charge is 0.356 e. The van der Waals surface area contributed by atoms with E-state index in [1.54, 1.807) is 0 Å². The van der Waals surface area contributed by atoms with Crippen molar-refractivity contribution < 1.29 is 0 Å². The van der Waals surface area contributed by atoms with Gasteiger partial charge in [-0.15, -0.1) is 24.0 Å². The summed E-state index contributed by atoms with van der Waals surface area (Å²) < 4.78 is 0.342. The first-order valence-electron chi connectivity index (χ1n) is 6.17. The predicted molar refractivity (Wildman–Crippen MR) is 97.9 cm³/mol. The van der Waals surface area contributed by atoms with E-state index in [1.165, 1.54) is 17.9 Å². The number of halogens is 1. The Labute approximate surface area is 137 Å². The van der Waals surface area contributed by atoms with E-state index in [2.05, 4.69) is 47.1 Å². The summed E-state index contributed by atoms with van der Waals surface area (Å²) in [4.78, 5) is 6.77. The van der Waals surface area contributed by atoms with Gasteiger partial charge in [0.15, 0.2) is 5.96 Å². The van der Waals surface area contributed by atoms with Gasteiger partial charge >= 0.3 is 0 Å². The van der Waals surface area contributed by atoms with Gasteiger partial charge in [-0.1, -0.05) is 0 Å². The first-order chi connectivity index (χ1) is 8.09. The summed E-state index contributed by atoms with van der Waals surface area (Å²) in [6, 6.07) is 0. The summed E-state index contributed by atoms with van der Waals surface area (Å²) in [5, 5.41) is 3.47. The van der Waals surface area contributed by atoms with Crippen molar-refractivity contribution in [2.45, 2.75) is 25.0 Å². The zero-order valence-corrected chi connectivity index (χ0v) is 15.8. The highest BCUT2D eigenvalue weighted by molar-refractivity contribution is 14.0. The van der Waals surface area contributed by atoms with Crippen LogP contribution in [0.3, 0.4) is 0 Å². The molecule has 0 aromatic rings. The van der Waals surface area contributed by atoms with Crippen molar-refractivity contribution in [1.82, 2.24) is 10.2 Å².